The van der Waals surface area contributed by atoms with Crippen molar-refractivity contribution in [1.82, 2.24) is 0 Å². The van der Waals surface area contributed by atoms with Crippen LogP contribution in [-0.4, -0.2) is 22.9 Å². The van der Waals surface area contributed by atoms with Gasteiger partial charge in [-0.1, -0.05) is 186 Å². The van der Waals surface area contributed by atoms with E-state index < -0.39 is 5.97 Å². The minimum absolute atomic E-state index is 0.307. The summed E-state index contributed by atoms with van der Waals surface area (Å²) in [6, 6.07) is 0. The van der Waals surface area contributed by atoms with E-state index in [1.807, 2.05) is 0 Å². The molecule has 2 N–H and O–H groups in total. The van der Waals surface area contributed by atoms with Crippen molar-refractivity contribution in [2.75, 3.05) is 6.61 Å². The Labute approximate surface area is 308 Å². The Morgan fingerprint density at radius 2 is 0.500 bits per heavy atom. The molecule has 0 radical (unpaired) electrons. The molecule has 0 aliphatic carbocycles. The number of unbranched alkanes of at least 4 members (excludes halogenated alkanes) is 30. The third-order valence-corrected chi connectivity index (χ3v) is 8.53. The monoisotopic (exact) mass is 764 g/mol. The van der Waals surface area contributed by atoms with Crippen LogP contribution < -0.4 is 0 Å². The van der Waals surface area contributed by atoms with Gasteiger partial charge in [0.2, 0.25) is 0 Å². The number of hydrogen-bond donors (Lipinski definition) is 2. The zero-order valence-electron chi connectivity index (χ0n) is 31.3. The number of carbonyl (C=O) groups is 1. The minimum Gasteiger partial charge on any atom is -0.481 e. The second-order valence-electron chi connectivity index (χ2n) is 12.9. The highest BCUT2D eigenvalue weighted by Crippen LogP contribution is 2.17. The van der Waals surface area contributed by atoms with Crippen LogP contribution >= 0.6 is 0 Å². The Morgan fingerprint density at radius 1 is 0.288 bits per heavy atom. The summed E-state index contributed by atoms with van der Waals surface area (Å²) in [4.78, 5) is 15.2. The van der Waals surface area contributed by atoms with Gasteiger partial charge in [-0.2, -0.15) is 0 Å². The van der Waals surface area contributed by atoms with Gasteiger partial charge in [0, 0.05) is 6.42 Å². The van der Waals surface area contributed by atoms with Gasteiger partial charge in [0.15, 0.2) is 0 Å². The highest BCUT2D eigenvalue weighted by atomic mass is 18.0. The molecular weight excluding hydrogens is 696 g/mol. The standard InChI is InChI=1S/C34H68O18/c35-34(36)32-30-28-26-24-22-20-18-16-14-12-10-8-6-4-2-1-3-5-7-9-11-13-15-17-19-21-23-25-27-29-31-33-38-40-42-44-46-48-50-52-51-49-47-45-43-41-39-37/h37H,1-33H2,(H,35,36). The molecule has 0 saturated heterocycles. The predicted octanol–water partition coefficient (Wildman–Crippen LogP) is 11.1. The highest BCUT2D eigenvalue weighted by Gasteiger charge is 2.01. The Kier molecular flexibility index (Phi) is 46.8. The van der Waals surface area contributed by atoms with Crippen molar-refractivity contribution in [2.45, 2.75) is 205 Å². The maximum atomic E-state index is 10.5. The van der Waals surface area contributed by atoms with E-state index in [-0.39, 0.29) is 0 Å². The van der Waals surface area contributed by atoms with Crippen molar-refractivity contribution < 1.29 is 90.6 Å². The molecule has 18 heteroatoms. The average Bonchev–Trinajstić information content (AvgIpc) is 3.14. The number of rotatable bonds is 48. The van der Waals surface area contributed by atoms with Gasteiger partial charge in [-0.25, -0.2) is 10.1 Å². The van der Waals surface area contributed by atoms with Crippen LogP contribution in [0.5, 0.6) is 0 Å². The summed E-state index contributed by atoms with van der Waals surface area (Å²) in [7, 11) is 0. The van der Waals surface area contributed by atoms with Crippen molar-refractivity contribution in [1.29, 1.82) is 0 Å². The molecule has 0 bridgehead atoms. The van der Waals surface area contributed by atoms with Crippen LogP contribution in [0.3, 0.4) is 0 Å². The fraction of sp³-hybridized carbons (Fsp3) is 0.971. The number of carboxylic acids is 1. The van der Waals surface area contributed by atoms with Gasteiger partial charge in [-0.15, -0.1) is 0 Å². The van der Waals surface area contributed by atoms with E-state index in [0.717, 1.165) is 32.1 Å². The average molecular weight is 765 g/mol. The van der Waals surface area contributed by atoms with Crippen LogP contribution in [-0.2, 0) is 80.2 Å². The van der Waals surface area contributed by atoms with Crippen molar-refractivity contribution in [3.05, 3.63) is 0 Å². The molecule has 312 valence electrons. The zero-order chi connectivity index (χ0) is 37.5. The van der Waals surface area contributed by atoms with Gasteiger partial charge in [0.05, 0.1) is 6.61 Å². The van der Waals surface area contributed by atoms with E-state index >= 15 is 0 Å². The van der Waals surface area contributed by atoms with Crippen LogP contribution in [0.4, 0.5) is 0 Å². The molecule has 0 rings (SSSR count). The lowest BCUT2D eigenvalue weighted by Gasteiger charge is -2.05. The molecule has 0 heterocycles. The van der Waals surface area contributed by atoms with E-state index in [9.17, 15) is 4.79 Å². The summed E-state index contributed by atoms with van der Waals surface area (Å²) < 4.78 is 0. The highest BCUT2D eigenvalue weighted by molar-refractivity contribution is 5.66. The first-order valence-electron chi connectivity index (χ1n) is 19.6. The minimum atomic E-state index is -0.665. The summed E-state index contributed by atoms with van der Waals surface area (Å²) in [6.45, 7) is 0.307. The summed E-state index contributed by atoms with van der Waals surface area (Å²) in [6.07, 6.45) is 40.6. The van der Waals surface area contributed by atoms with Crippen LogP contribution in [0, 0.1) is 0 Å². The lowest BCUT2D eigenvalue weighted by molar-refractivity contribution is -0.883. The van der Waals surface area contributed by atoms with Crippen molar-refractivity contribution in [3.63, 3.8) is 0 Å². The zero-order valence-corrected chi connectivity index (χ0v) is 31.3. The Morgan fingerprint density at radius 3 is 0.750 bits per heavy atom. The molecule has 0 spiro atoms. The summed E-state index contributed by atoms with van der Waals surface area (Å²) in [5.41, 5.74) is 0. The summed E-state index contributed by atoms with van der Waals surface area (Å²) in [5, 5.41) is 67.3. The number of carboxylic acid groups (broad SMARTS) is 1. The Hall–Kier alpha value is -1.17. The quantitative estimate of drug-likeness (QED) is 0.0337. The molecule has 0 aliphatic heterocycles. The van der Waals surface area contributed by atoms with Crippen LogP contribution in [0.1, 0.15) is 205 Å². The van der Waals surface area contributed by atoms with Gasteiger partial charge in [0.25, 0.3) is 0 Å². The molecule has 18 nitrogen and oxygen atoms in total. The van der Waals surface area contributed by atoms with Gasteiger partial charge < -0.3 is 5.11 Å². The molecule has 0 fully saturated rings. The molecule has 0 amide bonds. The molecule has 0 aromatic rings. The molecular formula is C34H68O18. The van der Waals surface area contributed by atoms with E-state index in [0.29, 0.717) is 13.0 Å². The maximum absolute atomic E-state index is 10.5. The molecule has 0 aliphatic rings. The SMILES string of the molecule is O=C(O)CCCCCCCCCCCCCCCCCCCCCCCCCCCCCCCCCOOOOOOOOOOOOOOOO. The molecule has 52 heavy (non-hydrogen) atoms. The van der Waals surface area contributed by atoms with Crippen molar-refractivity contribution in [2.24, 2.45) is 0 Å². The molecule has 0 aromatic carbocycles. The maximum Gasteiger partial charge on any atom is 0.303 e. The van der Waals surface area contributed by atoms with E-state index in [1.54, 1.807) is 0 Å². The second-order valence-corrected chi connectivity index (χ2v) is 12.9. The smallest absolute Gasteiger partial charge is 0.303 e. The fourth-order valence-electron chi connectivity index (χ4n) is 5.75. The Bertz CT molecular complexity index is 666. The van der Waals surface area contributed by atoms with Gasteiger partial charge in [-0.3, -0.25) is 4.79 Å². The molecule has 0 atom stereocenters. The molecule has 0 aromatic heterocycles. The number of aliphatic carboxylic acids is 1. The Balaban J connectivity index is 3.05. The second kappa shape index (κ2) is 47.9. The van der Waals surface area contributed by atoms with Crippen molar-refractivity contribution in [3.8, 4) is 0 Å². The van der Waals surface area contributed by atoms with Gasteiger partial charge >= 0.3 is 5.97 Å². The third kappa shape index (κ3) is 48.8. The molecule has 0 unspecified atom stereocenters. The predicted molar refractivity (Wildman–Crippen MR) is 179 cm³/mol. The van der Waals surface area contributed by atoms with Crippen LogP contribution in [0.25, 0.3) is 0 Å². The summed E-state index contributed by atoms with van der Waals surface area (Å²) >= 11 is 0. The topological polar surface area (TPSA) is 196 Å². The molecule has 0 saturated carbocycles. The first-order chi connectivity index (χ1) is 25.8. The normalized spacial score (nSPS) is 11.6. The van der Waals surface area contributed by atoms with Gasteiger partial charge in [0.1, 0.15) is 0 Å². The largest absolute Gasteiger partial charge is 0.481 e. The first kappa shape index (κ1) is 50.8. The van der Waals surface area contributed by atoms with Crippen LogP contribution in [0.2, 0.25) is 0 Å². The van der Waals surface area contributed by atoms with E-state index in [1.165, 1.54) is 167 Å². The fourth-order valence-corrected chi connectivity index (χ4v) is 5.75. The van der Waals surface area contributed by atoms with Crippen molar-refractivity contribution >= 4 is 5.97 Å². The van der Waals surface area contributed by atoms with E-state index in [4.69, 9.17) is 15.3 Å². The summed E-state index contributed by atoms with van der Waals surface area (Å²) in [5.74, 6) is -0.665. The number of hydrogen-bond acceptors (Lipinski definition) is 17. The lowest BCUT2D eigenvalue weighted by Crippen LogP contribution is -2.05. The lowest BCUT2D eigenvalue weighted by atomic mass is 10.0. The first-order valence-corrected chi connectivity index (χ1v) is 19.6. The van der Waals surface area contributed by atoms with Gasteiger partial charge in [-0.05, 0) is 83.4 Å². The van der Waals surface area contributed by atoms with Crippen LogP contribution in [0.15, 0.2) is 0 Å². The third-order valence-electron chi connectivity index (χ3n) is 8.53. The van der Waals surface area contributed by atoms with E-state index in [2.05, 4.69) is 70.5 Å².